The molecule has 1 aromatic heterocycles. The van der Waals surface area contributed by atoms with Gasteiger partial charge in [0.05, 0.1) is 11.9 Å². The van der Waals surface area contributed by atoms with Crippen LogP contribution in [0.5, 0.6) is 0 Å². The number of benzene rings is 1. The van der Waals surface area contributed by atoms with Gasteiger partial charge in [-0.05, 0) is 18.1 Å². The zero-order chi connectivity index (χ0) is 14.6. The standard InChI is InChI=1S/C13H18N4O2S/c1-10-13(7-15-17-10)8-16-20(18,19)9-12-4-2-3-11(5-12)6-14/h2-5,7,16H,6,8-9,14H2,1H3,(H,15,17). The Morgan fingerprint density at radius 1 is 1.35 bits per heavy atom. The molecule has 1 heterocycles. The number of rotatable bonds is 6. The van der Waals surface area contributed by atoms with Gasteiger partial charge < -0.3 is 5.73 Å². The van der Waals surface area contributed by atoms with Gasteiger partial charge in [-0.15, -0.1) is 0 Å². The summed E-state index contributed by atoms with van der Waals surface area (Å²) in [4.78, 5) is 0. The third-order valence-corrected chi connectivity index (χ3v) is 4.30. The molecule has 108 valence electrons. The Morgan fingerprint density at radius 3 is 2.75 bits per heavy atom. The molecule has 0 fully saturated rings. The SMILES string of the molecule is Cc1[nH]ncc1CNS(=O)(=O)Cc1cccc(CN)c1. The van der Waals surface area contributed by atoms with Crippen molar-refractivity contribution in [2.24, 2.45) is 5.73 Å². The van der Waals surface area contributed by atoms with E-state index in [1.165, 1.54) is 0 Å². The summed E-state index contributed by atoms with van der Waals surface area (Å²) in [5, 5.41) is 6.63. The molecule has 0 aliphatic rings. The molecule has 0 aliphatic carbocycles. The predicted octanol–water partition coefficient (Wildman–Crippen LogP) is 0.796. The van der Waals surface area contributed by atoms with Crippen molar-refractivity contribution in [2.45, 2.75) is 25.8 Å². The molecular formula is C13H18N4O2S. The van der Waals surface area contributed by atoms with Gasteiger partial charge in [0.1, 0.15) is 0 Å². The van der Waals surface area contributed by atoms with Gasteiger partial charge in [-0.2, -0.15) is 5.10 Å². The molecule has 0 saturated carbocycles. The quantitative estimate of drug-likeness (QED) is 0.733. The van der Waals surface area contributed by atoms with E-state index in [1.54, 1.807) is 12.3 Å². The molecule has 4 N–H and O–H groups in total. The minimum Gasteiger partial charge on any atom is -0.326 e. The smallest absolute Gasteiger partial charge is 0.216 e. The first kappa shape index (κ1) is 14.7. The lowest BCUT2D eigenvalue weighted by molar-refractivity contribution is 0.580. The van der Waals surface area contributed by atoms with Crippen molar-refractivity contribution in [3.8, 4) is 0 Å². The van der Waals surface area contributed by atoms with Gasteiger partial charge in [0.2, 0.25) is 10.0 Å². The van der Waals surface area contributed by atoms with Crippen LogP contribution in [0.1, 0.15) is 22.4 Å². The molecule has 0 atom stereocenters. The van der Waals surface area contributed by atoms with Crippen LogP contribution in [-0.2, 0) is 28.9 Å². The molecule has 2 rings (SSSR count). The Balaban J connectivity index is 2.02. The minimum atomic E-state index is -3.38. The number of sulfonamides is 1. The monoisotopic (exact) mass is 294 g/mol. The van der Waals surface area contributed by atoms with E-state index < -0.39 is 10.0 Å². The number of aryl methyl sites for hydroxylation is 1. The Morgan fingerprint density at radius 2 is 2.10 bits per heavy atom. The molecule has 7 heteroatoms. The summed E-state index contributed by atoms with van der Waals surface area (Å²) in [5.74, 6) is -0.0578. The van der Waals surface area contributed by atoms with Crippen molar-refractivity contribution in [1.29, 1.82) is 0 Å². The highest BCUT2D eigenvalue weighted by atomic mass is 32.2. The minimum absolute atomic E-state index is 0.0578. The second-order valence-corrected chi connectivity index (χ2v) is 6.43. The van der Waals surface area contributed by atoms with E-state index in [9.17, 15) is 8.42 Å². The number of H-pyrrole nitrogens is 1. The van der Waals surface area contributed by atoms with Crippen LogP contribution in [0.25, 0.3) is 0 Å². The summed E-state index contributed by atoms with van der Waals surface area (Å²) in [6, 6.07) is 7.27. The van der Waals surface area contributed by atoms with E-state index in [0.29, 0.717) is 6.54 Å². The molecule has 0 unspecified atom stereocenters. The summed E-state index contributed by atoms with van der Waals surface area (Å²) in [7, 11) is -3.38. The molecule has 0 saturated heterocycles. The average Bonchev–Trinajstić information content (AvgIpc) is 2.82. The molecule has 6 nitrogen and oxygen atoms in total. The topological polar surface area (TPSA) is 101 Å². The maximum Gasteiger partial charge on any atom is 0.216 e. The summed E-state index contributed by atoms with van der Waals surface area (Å²) in [6.45, 7) is 2.48. The highest BCUT2D eigenvalue weighted by molar-refractivity contribution is 7.88. The van der Waals surface area contributed by atoms with E-state index in [0.717, 1.165) is 22.4 Å². The van der Waals surface area contributed by atoms with E-state index in [-0.39, 0.29) is 12.3 Å². The number of hydrogen-bond acceptors (Lipinski definition) is 4. The van der Waals surface area contributed by atoms with Crippen molar-refractivity contribution in [3.63, 3.8) is 0 Å². The molecule has 1 aromatic carbocycles. The Bertz CT molecular complexity index is 679. The highest BCUT2D eigenvalue weighted by Gasteiger charge is 2.12. The Hall–Kier alpha value is -1.70. The number of nitrogens with two attached hydrogens (primary N) is 1. The molecule has 0 amide bonds. The molecule has 0 aliphatic heterocycles. The van der Waals surface area contributed by atoms with Crippen molar-refractivity contribution in [2.75, 3.05) is 0 Å². The summed E-state index contributed by atoms with van der Waals surface area (Å²) in [5.41, 5.74) is 8.89. The fourth-order valence-corrected chi connectivity index (χ4v) is 2.95. The maximum absolute atomic E-state index is 12.0. The molecule has 2 aromatic rings. The third kappa shape index (κ3) is 3.89. The predicted molar refractivity (Wildman–Crippen MR) is 77.1 cm³/mol. The van der Waals surface area contributed by atoms with Crippen LogP contribution in [0.4, 0.5) is 0 Å². The first-order valence-electron chi connectivity index (χ1n) is 6.24. The van der Waals surface area contributed by atoms with Gasteiger partial charge in [-0.25, -0.2) is 13.1 Å². The van der Waals surface area contributed by atoms with Crippen LogP contribution in [0, 0.1) is 6.92 Å². The van der Waals surface area contributed by atoms with Crippen LogP contribution in [-0.4, -0.2) is 18.6 Å². The van der Waals surface area contributed by atoms with Gasteiger partial charge in [0, 0.05) is 24.3 Å². The molecular weight excluding hydrogens is 276 g/mol. The normalized spacial score (nSPS) is 11.7. The maximum atomic E-state index is 12.0. The van der Waals surface area contributed by atoms with Gasteiger partial charge in [0.25, 0.3) is 0 Å². The van der Waals surface area contributed by atoms with Crippen LogP contribution >= 0.6 is 0 Å². The van der Waals surface area contributed by atoms with Gasteiger partial charge in [-0.3, -0.25) is 5.10 Å². The number of nitrogens with zero attached hydrogens (tertiary/aromatic N) is 1. The van der Waals surface area contributed by atoms with Crippen molar-refractivity contribution in [3.05, 3.63) is 52.8 Å². The van der Waals surface area contributed by atoms with Gasteiger partial charge >= 0.3 is 0 Å². The fourth-order valence-electron chi connectivity index (χ4n) is 1.86. The lowest BCUT2D eigenvalue weighted by atomic mass is 10.1. The van der Waals surface area contributed by atoms with Gasteiger partial charge in [0.15, 0.2) is 0 Å². The van der Waals surface area contributed by atoms with E-state index in [4.69, 9.17) is 5.73 Å². The van der Waals surface area contributed by atoms with E-state index in [2.05, 4.69) is 14.9 Å². The first-order chi connectivity index (χ1) is 9.50. The molecule has 0 bridgehead atoms. The second kappa shape index (κ2) is 6.17. The van der Waals surface area contributed by atoms with E-state index >= 15 is 0 Å². The molecule has 0 spiro atoms. The highest BCUT2D eigenvalue weighted by Crippen LogP contribution is 2.09. The second-order valence-electron chi connectivity index (χ2n) is 4.62. The van der Waals surface area contributed by atoms with Crippen LogP contribution in [0.2, 0.25) is 0 Å². The number of aromatic nitrogens is 2. The van der Waals surface area contributed by atoms with Gasteiger partial charge in [-0.1, -0.05) is 24.3 Å². The number of nitrogens with one attached hydrogen (secondary N) is 2. The van der Waals surface area contributed by atoms with Crippen molar-refractivity contribution in [1.82, 2.24) is 14.9 Å². The summed E-state index contributed by atoms with van der Waals surface area (Å²) >= 11 is 0. The zero-order valence-electron chi connectivity index (χ0n) is 11.3. The lowest BCUT2D eigenvalue weighted by Gasteiger charge is -2.07. The fraction of sp³-hybridized carbons (Fsp3) is 0.308. The van der Waals surface area contributed by atoms with Crippen LogP contribution in [0.3, 0.4) is 0 Å². The third-order valence-electron chi connectivity index (χ3n) is 3.00. The summed E-state index contributed by atoms with van der Waals surface area (Å²) < 4.78 is 26.6. The molecule has 20 heavy (non-hydrogen) atoms. The van der Waals surface area contributed by atoms with Crippen LogP contribution < -0.4 is 10.5 Å². The van der Waals surface area contributed by atoms with Crippen molar-refractivity contribution < 1.29 is 8.42 Å². The molecule has 0 radical (unpaired) electrons. The number of aromatic amines is 1. The van der Waals surface area contributed by atoms with Crippen LogP contribution in [0.15, 0.2) is 30.5 Å². The first-order valence-corrected chi connectivity index (χ1v) is 7.89. The average molecular weight is 294 g/mol. The van der Waals surface area contributed by atoms with E-state index in [1.807, 2.05) is 25.1 Å². The zero-order valence-corrected chi connectivity index (χ0v) is 12.1. The largest absolute Gasteiger partial charge is 0.326 e. The Kier molecular flexibility index (Phi) is 4.53. The lowest BCUT2D eigenvalue weighted by Crippen LogP contribution is -2.24. The number of hydrogen-bond donors (Lipinski definition) is 3. The Labute approximate surface area is 118 Å². The summed E-state index contributed by atoms with van der Waals surface area (Å²) in [6.07, 6.45) is 1.62. The van der Waals surface area contributed by atoms with Crippen molar-refractivity contribution >= 4 is 10.0 Å².